The minimum atomic E-state index is -0.979. The molecule has 16 nitrogen and oxygen atoms in total. The van der Waals surface area contributed by atoms with E-state index in [0.29, 0.717) is 48.8 Å². The van der Waals surface area contributed by atoms with Gasteiger partial charge in [0.25, 0.3) is 17.7 Å². The van der Waals surface area contributed by atoms with Crippen LogP contribution in [0.4, 0.5) is 5.69 Å². The summed E-state index contributed by atoms with van der Waals surface area (Å²) < 4.78 is 5.17. The number of aromatic nitrogens is 1. The van der Waals surface area contributed by atoms with Crippen molar-refractivity contribution in [2.45, 2.75) is 88.8 Å². The van der Waals surface area contributed by atoms with Crippen molar-refractivity contribution in [2.24, 2.45) is 5.92 Å². The number of hydrogen-bond acceptors (Lipinski definition) is 11. The van der Waals surface area contributed by atoms with Gasteiger partial charge in [-0.1, -0.05) is 62.1 Å². The number of ether oxygens (including phenoxy) is 1. The molecule has 0 saturated carbocycles. The van der Waals surface area contributed by atoms with Crippen LogP contribution in [0.25, 0.3) is 10.9 Å². The van der Waals surface area contributed by atoms with Gasteiger partial charge < -0.3 is 34.6 Å². The topological polar surface area (TPSA) is 185 Å². The first-order valence-corrected chi connectivity index (χ1v) is 25.5. The number of aromatic amines is 1. The van der Waals surface area contributed by atoms with E-state index in [2.05, 4.69) is 25.4 Å². The van der Waals surface area contributed by atoms with Crippen LogP contribution < -0.4 is 10.6 Å². The first-order valence-electron chi connectivity index (χ1n) is 25.0. The Hall–Kier alpha value is -6.10. The maximum Gasteiger partial charge on any atom is 0.328 e. The molecule has 0 bridgehead atoms. The third-order valence-electron chi connectivity index (χ3n) is 15.0. The largest absolute Gasteiger partial charge is 0.467 e. The second-order valence-corrected chi connectivity index (χ2v) is 19.6. The molecule has 0 aliphatic carbocycles. The number of likely N-dealkylation sites (tertiary alicyclic amines) is 1. The smallest absolute Gasteiger partial charge is 0.328 e. The van der Waals surface area contributed by atoms with Crippen LogP contribution >= 0.6 is 11.6 Å². The van der Waals surface area contributed by atoms with Gasteiger partial charge in [0.1, 0.15) is 18.0 Å². The third-order valence-corrected chi connectivity index (χ3v) is 15.3. The Labute approximate surface area is 413 Å². The van der Waals surface area contributed by atoms with Crippen molar-refractivity contribution in [1.29, 1.82) is 0 Å². The summed E-state index contributed by atoms with van der Waals surface area (Å²) in [5.74, 6) is -2.61. The number of hydrogen-bond donors (Lipinski definition) is 3. The van der Waals surface area contributed by atoms with Crippen molar-refractivity contribution < 1.29 is 38.3 Å². The summed E-state index contributed by atoms with van der Waals surface area (Å²) in [6.07, 6.45) is 9.12. The normalized spacial score (nSPS) is 21.2. The molecule has 6 heterocycles. The number of unbranched alkanes of at least 4 members (excludes halogenated alkanes) is 5. The Morgan fingerprint density at radius 1 is 0.786 bits per heavy atom. The quantitative estimate of drug-likeness (QED) is 0.0507. The van der Waals surface area contributed by atoms with Crippen LogP contribution in [0.15, 0.2) is 66.7 Å². The lowest BCUT2D eigenvalue weighted by molar-refractivity contribution is -0.154. The number of carbonyl (C=O) groups excluding carboxylic acids is 7. The van der Waals surface area contributed by atoms with Crippen LogP contribution in [0, 0.1) is 5.92 Å². The maximum atomic E-state index is 13.8. The van der Waals surface area contributed by atoms with E-state index in [1.165, 1.54) is 31.3 Å². The Balaban J connectivity index is 0.664. The zero-order chi connectivity index (χ0) is 48.9. The maximum absolute atomic E-state index is 13.8. The summed E-state index contributed by atoms with van der Waals surface area (Å²) in [5.41, 5.74) is 5.24. The molecule has 3 saturated heterocycles. The number of H-pyrrole nitrogens is 1. The molecule has 5 aliphatic rings. The van der Waals surface area contributed by atoms with Gasteiger partial charge in [0.05, 0.1) is 24.3 Å². The molecule has 1 aromatic heterocycles. The average molecular weight is 976 g/mol. The number of halogens is 1. The predicted octanol–water partition coefficient (Wildman–Crippen LogP) is 5.75. The van der Waals surface area contributed by atoms with Crippen molar-refractivity contribution in [2.75, 3.05) is 77.2 Å². The van der Waals surface area contributed by atoms with E-state index < -0.39 is 47.7 Å². The van der Waals surface area contributed by atoms with E-state index in [1.807, 2.05) is 53.4 Å². The van der Waals surface area contributed by atoms with Crippen molar-refractivity contribution in [3.8, 4) is 0 Å². The number of anilines is 1. The van der Waals surface area contributed by atoms with Crippen LogP contribution in [0.3, 0.4) is 0 Å². The molecule has 6 amide bonds. The monoisotopic (exact) mass is 974 g/mol. The summed E-state index contributed by atoms with van der Waals surface area (Å²) >= 11 is 6.13. The zero-order valence-electron chi connectivity index (χ0n) is 39.9. The average Bonchev–Trinajstić information content (AvgIpc) is 3.88. The zero-order valence-corrected chi connectivity index (χ0v) is 40.6. The second kappa shape index (κ2) is 21.9. The number of nitrogens with zero attached hydrogens (tertiary/aromatic N) is 5. The van der Waals surface area contributed by atoms with Crippen LogP contribution in [-0.4, -0.2) is 155 Å². The molecule has 17 heteroatoms. The molecule has 3 fully saturated rings. The first kappa shape index (κ1) is 48.9. The number of benzene rings is 3. The van der Waals surface area contributed by atoms with E-state index in [9.17, 15) is 33.6 Å². The van der Waals surface area contributed by atoms with Gasteiger partial charge in [-0.2, -0.15) is 0 Å². The second-order valence-electron chi connectivity index (χ2n) is 19.4. The number of esters is 1. The summed E-state index contributed by atoms with van der Waals surface area (Å²) in [5, 5.41) is 6.58. The Bertz CT molecular complexity index is 2620. The summed E-state index contributed by atoms with van der Waals surface area (Å²) in [7, 11) is 1.33. The van der Waals surface area contributed by atoms with Gasteiger partial charge in [-0.3, -0.25) is 39.0 Å². The highest BCUT2D eigenvalue weighted by Gasteiger charge is 2.46. The lowest BCUT2D eigenvalue weighted by Gasteiger charge is -2.40. The number of nitrogens with one attached hydrogen (secondary N) is 3. The van der Waals surface area contributed by atoms with Crippen molar-refractivity contribution in [1.82, 2.24) is 34.8 Å². The fourth-order valence-electron chi connectivity index (χ4n) is 11.3. The number of amides is 6. The number of piperidine rings is 2. The van der Waals surface area contributed by atoms with Crippen LogP contribution in [0.1, 0.15) is 118 Å². The fourth-order valence-corrected chi connectivity index (χ4v) is 11.4. The Morgan fingerprint density at radius 2 is 1.50 bits per heavy atom. The number of piperazine rings is 1. The van der Waals surface area contributed by atoms with Crippen molar-refractivity contribution >= 4 is 69.6 Å². The molecule has 70 heavy (non-hydrogen) atoms. The Kier molecular flexibility index (Phi) is 15.3. The molecule has 3 aromatic carbocycles. The number of rotatable bonds is 17. The number of carbonyl (C=O) groups is 7. The van der Waals surface area contributed by atoms with E-state index in [1.54, 1.807) is 18.2 Å². The lowest BCUT2D eigenvalue weighted by Crippen LogP contribution is -2.54. The summed E-state index contributed by atoms with van der Waals surface area (Å²) in [6.45, 7) is 8.55. The van der Waals surface area contributed by atoms with Crippen LogP contribution in [0.2, 0.25) is 0 Å². The lowest BCUT2D eigenvalue weighted by atomic mass is 9.87. The molecule has 1 unspecified atom stereocenters. The molecule has 370 valence electrons. The molecule has 5 aliphatic heterocycles. The molecule has 4 aromatic rings. The third kappa shape index (κ3) is 10.2. The highest BCUT2D eigenvalue weighted by Crippen LogP contribution is 2.42. The van der Waals surface area contributed by atoms with Gasteiger partial charge >= 0.3 is 5.97 Å². The van der Waals surface area contributed by atoms with Gasteiger partial charge in [-0.25, -0.2) is 4.79 Å². The molecule has 3 atom stereocenters. The highest BCUT2D eigenvalue weighted by atomic mass is 35.5. The minimum absolute atomic E-state index is 0.00118. The van der Waals surface area contributed by atoms with Gasteiger partial charge in [0.2, 0.25) is 17.7 Å². The summed E-state index contributed by atoms with van der Waals surface area (Å²) in [6, 6.07) is 18.0. The Morgan fingerprint density at radius 3 is 2.23 bits per heavy atom. The molecule has 0 spiro atoms. The van der Waals surface area contributed by atoms with E-state index in [4.69, 9.17) is 16.3 Å². The van der Waals surface area contributed by atoms with Gasteiger partial charge in [0.15, 0.2) is 0 Å². The van der Waals surface area contributed by atoms with Crippen LogP contribution in [-0.2, 0) is 30.3 Å². The predicted molar refractivity (Wildman–Crippen MR) is 264 cm³/mol. The van der Waals surface area contributed by atoms with Gasteiger partial charge in [0, 0.05) is 93.0 Å². The molecular weight excluding hydrogens is 912 g/mol. The van der Waals surface area contributed by atoms with E-state index >= 15 is 0 Å². The standard InChI is InChI=1S/C53H63ClN8O8/c1-70-53(69)43-31-39-37-11-6-7-13-40(37)56-47(39)48(61(43)45(64)32-54)35-15-17-36(18-16-35)50(66)60-25-21-34(22-26-60)33-59-29-27-58(28-30-59)24-9-5-3-2-4-8-23-55-41-14-10-12-38-46(41)52(68)62(51(38)67)42-19-20-44(63)57-49(42)65/h6-7,10-18,34,42-43,48,55-56H,2-5,8-9,19-33H2,1H3,(H,57,63,65)/t42?,43-,48+/m1/s1. The number of imide groups is 2. The van der Waals surface area contributed by atoms with Crippen molar-refractivity contribution in [3.05, 3.63) is 100 Å². The highest BCUT2D eigenvalue weighted by molar-refractivity contribution is 6.27. The molecule has 3 N–H and O–H groups in total. The van der Waals surface area contributed by atoms with Crippen LogP contribution in [0.5, 0.6) is 0 Å². The number of para-hydroxylation sites is 1. The minimum Gasteiger partial charge on any atom is -0.467 e. The first-order chi connectivity index (χ1) is 34.0. The molecule has 0 radical (unpaired) electrons. The SMILES string of the molecule is COC(=O)[C@H]1Cc2c([nH]c3ccccc23)[C@H](c2ccc(C(=O)N3CCC(CN4CCN(CCCCCCCCNc5cccc6c5C(=O)N(C5CCC(=O)NC5=O)C6=O)CC4)CC3)cc2)N1C(=O)CCl. The number of methoxy groups -OCH3 is 1. The number of fused-ring (bicyclic) bond motifs is 4. The van der Waals surface area contributed by atoms with Gasteiger partial charge in [-0.15, -0.1) is 11.6 Å². The molecule has 9 rings (SSSR count). The van der Waals surface area contributed by atoms with E-state index in [0.717, 1.165) is 104 Å². The van der Waals surface area contributed by atoms with Gasteiger partial charge in [-0.05, 0) is 86.0 Å². The van der Waals surface area contributed by atoms with E-state index in [-0.39, 0.29) is 36.1 Å². The fraction of sp³-hybridized carbons (Fsp3) is 0.491. The summed E-state index contributed by atoms with van der Waals surface area (Å²) in [4.78, 5) is 104. The number of alkyl halides is 1. The molecular formula is C53H63ClN8O8. The van der Waals surface area contributed by atoms with Crippen molar-refractivity contribution in [3.63, 3.8) is 0 Å².